The number of benzene rings is 2. The van der Waals surface area contributed by atoms with Crippen molar-refractivity contribution in [3.63, 3.8) is 0 Å². The van der Waals surface area contributed by atoms with Gasteiger partial charge in [-0.2, -0.15) is 0 Å². The van der Waals surface area contributed by atoms with Crippen LogP contribution >= 0.6 is 23.2 Å². The maximum absolute atomic E-state index is 11.7. The molecule has 12 heteroatoms. The average Bonchev–Trinajstić information content (AvgIpc) is 3.84. The van der Waals surface area contributed by atoms with Gasteiger partial charge < -0.3 is 25.2 Å². The molecule has 3 atom stereocenters. The molecule has 0 saturated carbocycles. The predicted octanol–water partition coefficient (Wildman–Crippen LogP) is 6.66. The third-order valence-electron chi connectivity index (χ3n) is 10.9. The van der Waals surface area contributed by atoms with Crippen LogP contribution in [0, 0.1) is 5.92 Å². The SMILES string of the molecule is COc1nc(-c2cccc(-c3cccc(-c4cc5c(c(OC)n4)[C@@H](NC[C@@H]4CCC(=O)N4)CC5)c3Cl)c2Cl)cc2c1C(N1CC(C(=O)O)C1)CC2. The summed E-state index contributed by atoms with van der Waals surface area (Å²) in [5.41, 5.74) is 8.94. The van der Waals surface area contributed by atoms with E-state index in [4.69, 9.17) is 42.6 Å². The zero-order chi connectivity index (χ0) is 35.4. The summed E-state index contributed by atoms with van der Waals surface area (Å²) in [7, 11) is 3.27. The summed E-state index contributed by atoms with van der Waals surface area (Å²) in [4.78, 5) is 35.2. The van der Waals surface area contributed by atoms with E-state index < -0.39 is 5.97 Å². The Hall–Kier alpha value is -4.22. The highest BCUT2D eigenvalue weighted by Gasteiger charge is 2.41. The van der Waals surface area contributed by atoms with Gasteiger partial charge in [-0.05, 0) is 55.4 Å². The number of carboxylic acids is 1. The molecule has 2 saturated heterocycles. The van der Waals surface area contributed by atoms with Gasteiger partial charge in [-0.1, -0.05) is 59.6 Å². The molecule has 4 aliphatic rings. The Morgan fingerprint density at radius 1 is 0.863 bits per heavy atom. The van der Waals surface area contributed by atoms with Gasteiger partial charge in [0.15, 0.2) is 0 Å². The molecule has 1 unspecified atom stereocenters. The number of pyridine rings is 2. The lowest BCUT2D eigenvalue weighted by molar-refractivity contribution is -0.148. The summed E-state index contributed by atoms with van der Waals surface area (Å²) < 4.78 is 11.7. The molecular weight excluding hydrogens is 689 g/mol. The van der Waals surface area contributed by atoms with Crippen molar-refractivity contribution in [3.8, 4) is 45.4 Å². The van der Waals surface area contributed by atoms with E-state index in [9.17, 15) is 14.7 Å². The molecule has 2 aliphatic heterocycles. The number of aryl methyl sites for hydroxylation is 2. The number of ether oxygens (including phenoxy) is 2. The molecule has 8 rings (SSSR count). The van der Waals surface area contributed by atoms with Gasteiger partial charge in [0, 0.05) is 77.6 Å². The van der Waals surface area contributed by atoms with Gasteiger partial charge in [-0.15, -0.1) is 0 Å². The lowest BCUT2D eigenvalue weighted by atomic mass is 9.95. The lowest BCUT2D eigenvalue weighted by Crippen LogP contribution is -2.51. The quantitative estimate of drug-likeness (QED) is 0.164. The fourth-order valence-corrected chi connectivity index (χ4v) is 8.91. The second kappa shape index (κ2) is 13.7. The summed E-state index contributed by atoms with van der Waals surface area (Å²) in [6.45, 7) is 1.77. The number of nitrogens with one attached hydrogen (secondary N) is 2. The molecule has 2 aromatic heterocycles. The third-order valence-corrected chi connectivity index (χ3v) is 11.7. The molecule has 4 aromatic rings. The van der Waals surface area contributed by atoms with Crippen LogP contribution in [0.1, 0.15) is 60.0 Å². The Labute approximate surface area is 306 Å². The van der Waals surface area contributed by atoms with E-state index >= 15 is 0 Å². The Morgan fingerprint density at radius 2 is 1.43 bits per heavy atom. The van der Waals surface area contributed by atoms with Gasteiger partial charge in [-0.25, -0.2) is 9.97 Å². The normalized spacial score (nSPS) is 21.3. The van der Waals surface area contributed by atoms with Gasteiger partial charge in [0.1, 0.15) is 0 Å². The van der Waals surface area contributed by atoms with Crippen LogP contribution in [0.2, 0.25) is 10.0 Å². The minimum absolute atomic E-state index is 0.0882. The van der Waals surface area contributed by atoms with E-state index in [1.807, 2.05) is 36.4 Å². The van der Waals surface area contributed by atoms with Crippen molar-refractivity contribution in [2.24, 2.45) is 5.92 Å². The van der Waals surface area contributed by atoms with E-state index in [-0.39, 0.29) is 30.0 Å². The van der Waals surface area contributed by atoms with E-state index in [2.05, 4.69) is 27.7 Å². The first kappa shape index (κ1) is 33.9. The number of likely N-dealkylation sites (tertiary alicyclic amines) is 1. The van der Waals surface area contributed by atoms with Crippen molar-refractivity contribution in [1.29, 1.82) is 0 Å². The van der Waals surface area contributed by atoms with Gasteiger partial charge in [0.25, 0.3) is 0 Å². The molecular formula is C39H39Cl2N5O5. The minimum Gasteiger partial charge on any atom is -0.481 e. The number of carbonyl (C=O) groups excluding carboxylic acids is 1. The number of aromatic nitrogens is 2. The molecule has 0 radical (unpaired) electrons. The molecule has 3 N–H and O–H groups in total. The standard InChI is InChI=1S/C39H39Cl2N5O5/c1-50-37-33-20(9-12-28(33)42-17-23-11-14-32(47)43-23)15-29(44-37)26-7-3-5-24(35(26)40)25-6-4-8-27(36(25)41)30-16-21-10-13-31(34(21)38(45-30)51-2)46-18-22(19-46)39(48)49/h3-8,15-16,22-23,28,31,42H,9-14,17-19H2,1-2H3,(H,43,47)(H,48,49)/t23-,28-,31?/m0/s1. The Kier molecular flexibility index (Phi) is 9.12. The number of carboxylic acid groups (broad SMARTS) is 1. The van der Waals surface area contributed by atoms with E-state index in [1.165, 1.54) is 5.56 Å². The maximum Gasteiger partial charge on any atom is 0.309 e. The number of fused-ring (bicyclic) bond motifs is 2. The van der Waals surface area contributed by atoms with Crippen molar-refractivity contribution < 1.29 is 24.2 Å². The van der Waals surface area contributed by atoms with Crippen LogP contribution in [0.25, 0.3) is 33.6 Å². The third kappa shape index (κ3) is 6.12. The Balaban J connectivity index is 1.09. The van der Waals surface area contributed by atoms with Crippen LogP contribution in [0.5, 0.6) is 11.8 Å². The summed E-state index contributed by atoms with van der Waals surface area (Å²) in [6.07, 6.45) is 4.95. The van der Waals surface area contributed by atoms with Crippen LogP contribution in [0.3, 0.4) is 0 Å². The molecule has 2 aromatic carbocycles. The molecule has 4 heterocycles. The van der Waals surface area contributed by atoms with E-state index in [0.717, 1.165) is 76.7 Å². The van der Waals surface area contributed by atoms with Gasteiger partial charge in [0.2, 0.25) is 17.7 Å². The molecule has 51 heavy (non-hydrogen) atoms. The lowest BCUT2D eigenvalue weighted by Gasteiger charge is -2.41. The van der Waals surface area contributed by atoms with Crippen LogP contribution in [-0.4, -0.2) is 71.7 Å². The molecule has 2 aliphatic carbocycles. The number of aliphatic carboxylic acids is 1. The highest BCUT2D eigenvalue weighted by atomic mass is 35.5. The Bertz CT molecular complexity index is 2050. The van der Waals surface area contributed by atoms with Crippen molar-refractivity contribution in [3.05, 3.63) is 80.8 Å². The maximum atomic E-state index is 11.7. The smallest absolute Gasteiger partial charge is 0.309 e. The molecule has 0 spiro atoms. The van der Waals surface area contributed by atoms with Crippen molar-refractivity contribution in [1.82, 2.24) is 25.5 Å². The number of hydrogen-bond acceptors (Lipinski definition) is 8. The van der Waals surface area contributed by atoms with E-state index in [0.29, 0.717) is 53.6 Å². The Morgan fingerprint density at radius 3 is 2.00 bits per heavy atom. The summed E-state index contributed by atoms with van der Waals surface area (Å²) >= 11 is 14.4. The fourth-order valence-electron chi connectivity index (χ4n) is 8.26. The first-order valence-corrected chi connectivity index (χ1v) is 18.2. The van der Waals surface area contributed by atoms with Gasteiger partial charge >= 0.3 is 5.97 Å². The number of amides is 1. The largest absolute Gasteiger partial charge is 0.481 e. The second-order valence-electron chi connectivity index (χ2n) is 13.9. The van der Waals surface area contributed by atoms with Crippen LogP contribution < -0.4 is 20.1 Å². The molecule has 2 fully saturated rings. The van der Waals surface area contributed by atoms with Crippen molar-refractivity contribution >= 4 is 35.1 Å². The summed E-state index contributed by atoms with van der Waals surface area (Å²) in [5, 5.41) is 17.1. The molecule has 0 bridgehead atoms. The van der Waals surface area contributed by atoms with Crippen LogP contribution in [0.4, 0.5) is 0 Å². The zero-order valence-electron chi connectivity index (χ0n) is 28.5. The zero-order valence-corrected chi connectivity index (χ0v) is 30.0. The van der Waals surface area contributed by atoms with E-state index in [1.54, 1.807) is 14.2 Å². The van der Waals surface area contributed by atoms with Crippen molar-refractivity contribution in [2.75, 3.05) is 33.9 Å². The number of hydrogen-bond donors (Lipinski definition) is 3. The number of carbonyl (C=O) groups is 2. The minimum atomic E-state index is -0.747. The number of nitrogens with zero attached hydrogens (tertiary/aromatic N) is 3. The van der Waals surface area contributed by atoms with Gasteiger partial charge in [0.05, 0.1) is 41.6 Å². The highest BCUT2D eigenvalue weighted by Crippen LogP contribution is 2.47. The topological polar surface area (TPSA) is 126 Å². The molecule has 264 valence electrons. The molecule has 1 amide bonds. The average molecular weight is 729 g/mol. The number of methoxy groups -OCH3 is 2. The summed E-state index contributed by atoms with van der Waals surface area (Å²) in [6, 6.07) is 16.3. The van der Waals surface area contributed by atoms with Crippen LogP contribution in [-0.2, 0) is 22.4 Å². The first-order chi connectivity index (χ1) is 24.7. The first-order valence-electron chi connectivity index (χ1n) is 17.5. The highest BCUT2D eigenvalue weighted by molar-refractivity contribution is 6.39. The predicted molar refractivity (Wildman–Crippen MR) is 195 cm³/mol. The number of rotatable bonds is 10. The number of halogens is 2. The fraction of sp³-hybridized carbons (Fsp3) is 0.385. The molecule has 10 nitrogen and oxygen atoms in total. The van der Waals surface area contributed by atoms with Crippen molar-refractivity contribution in [2.45, 2.75) is 56.7 Å². The second-order valence-corrected chi connectivity index (χ2v) is 14.6. The van der Waals surface area contributed by atoms with Gasteiger partial charge in [-0.3, -0.25) is 14.5 Å². The monoisotopic (exact) mass is 727 g/mol. The van der Waals surface area contributed by atoms with Crippen LogP contribution in [0.15, 0.2) is 48.5 Å². The summed E-state index contributed by atoms with van der Waals surface area (Å²) in [5.74, 6) is 0.158.